The molecular weight excluding hydrogens is 341 g/mol. The van der Waals surface area contributed by atoms with E-state index in [0.717, 1.165) is 12.0 Å². The molecule has 0 spiro atoms. The minimum absolute atomic E-state index is 0.0903. The largest absolute Gasteiger partial charge is 0.327 e. The zero-order valence-corrected chi connectivity index (χ0v) is 14.6. The molecule has 3 heterocycles. The molecular formula is C17H22FN5OS. The number of hydrogen-bond acceptors (Lipinski definition) is 5. The Morgan fingerprint density at radius 1 is 1.20 bits per heavy atom. The van der Waals surface area contributed by atoms with E-state index >= 15 is 0 Å². The molecule has 1 aromatic rings. The number of nitrogens with one attached hydrogen (secondary N) is 4. The Hall–Kier alpha value is -1.61. The van der Waals surface area contributed by atoms with Crippen LogP contribution in [0.4, 0.5) is 4.39 Å². The Kier molecular flexibility index (Phi) is 4.68. The fraction of sp³-hybridized carbons (Fsp3) is 0.529. The van der Waals surface area contributed by atoms with Crippen LogP contribution in [0.2, 0.25) is 0 Å². The number of fused-ring (bicyclic) bond motifs is 1. The number of halogens is 1. The topological polar surface area (TPSA) is 68.4 Å². The van der Waals surface area contributed by atoms with E-state index in [-0.39, 0.29) is 24.2 Å². The average molecular weight is 363 g/mol. The minimum Gasteiger partial charge on any atom is -0.327 e. The summed E-state index contributed by atoms with van der Waals surface area (Å²) < 4.78 is 13.4. The van der Waals surface area contributed by atoms with Gasteiger partial charge in [-0.15, -0.1) is 0 Å². The second-order valence-electron chi connectivity index (χ2n) is 6.76. The highest BCUT2D eigenvalue weighted by Crippen LogP contribution is 2.28. The highest BCUT2D eigenvalue weighted by Gasteiger charge is 2.42. The van der Waals surface area contributed by atoms with Crippen molar-refractivity contribution in [3.63, 3.8) is 0 Å². The summed E-state index contributed by atoms with van der Waals surface area (Å²) in [6.07, 6.45) is 0.456. The zero-order valence-electron chi connectivity index (χ0n) is 13.8. The molecule has 0 radical (unpaired) electrons. The van der Waals surface area contributed by atoms with Crippen molar-refractivity contribution in [2.24, 2.45) is 0 Å². The zero-order chi connectivity index (χ0) is 17.4. The lowest BCUT2D eigenvalue weighted by atomic mass is 9.92. The Morgan fingerprint density at radius 3 is 2.84 bits per heavy atom. The maximum absolute atomic E-state index is 13.4. The summed E-state index contributed by atoms with van der Waals surface area (Å²) >= 11 is 5.40. The first-order valence-corrected chi connectivity index (χ1v) is 9.08. The van der Waals surface area contributed by atoms with Gasteiger partial charge in [-0.2, -0.15) is 0 Å². The maximum atomic E-state index is 13.4. The molecule has 3 aliphatic rings. The van der Waals surface area contributed by atoms with Crippen molar-refractivity contribution in [3.05, 3.63) is 35.4 Å². The Labute approximate surface area is 151 Å². The minimum atomic E-state index is -0.761. The monoisotopic (exact) mass is 363 g/mol. The molecule has 0 bridgehead atoms. The number of amides is 1. The summed E-state index contributed by atoms with van der Waals surface area (Å²) in [7, 11) is 0. The maximum Gasteiger partial charge on any atom is 0.246 e. The second kappa shape index (κ2) is 6.95. The van der Waals surface area contributed by atoms with Crippen molar-refractivity contribution in [2.75, 3.05) is 13.2 Å². The lowest BCUT2D eigenvalue weighted by molar-refractivity contribution is -0.123. The van der Waals surface area contributed by atoms with E-state index in [9.17, 15) is 9.18 Å². The molecule has 0 aliphatic carbocycles. The van der Waals surface area contributed by atoms with Crippen molar-refractivity contribution < 1.29 is 9.18 Å². The predicted octanol–water partition coefficient (Wildman–Crippen LogP) is 0.511. The fourth-order valence-electron chi connectivity index (χ4n) is 3.87. The lowest BCUT2D eigenvalue weighted by Gasteiger charge is -2.39. The highest BCUT2D eigenvalue weighted by atomic mass is 32.1. The van der Waals surface area contributed by atoms with E-state index in [2.05, 4.69) is 33.4 Å². The molecule has 4 atom stereocenters. The number of nitrogens with zero attached hydrogens (tertiary/aromatic N) is 1. The predicted molar refractivity (Wildman–Crippen MR) is 96.3 cm³/mol. The molecule has 3 saturated heterocycles. The highest BCUT2D eigenvalue weighted by molar-refractivity contribution is 7.80. The molecule has 8 heteroatoms. The third-order valence-electron chi connectivity index (χ3n) is 5.18. The van der Waals surface area contributed by atoms with Crippen LogP contribution in [-0.2, 0) is 11.3 Å². The van der Waals surface area contributed by atoms with Gasteiger partial charge in [0.1, 0.15) is 18.4 Å². The van der Waals surface area contributed by atoms with E-state index in [0.29, 0.717) is 31.3 Å². The SMILES string of the molecule is O=C1NC(=S)N(Cc2ccccc2C2CCC(F)CN2)C2NCNC12. The quantitative estimate of drug-likeness (QED) is 0.587. The second-order valence-corrected chi connectivity index (χ2v) is 7.15. The van der Waals surface area contributed by atoms with E-state index in [1.807, 2.05) is 17.0 Å². The lowest BCUT2D eigenvalue weighted by Crippen LogP contribution is -2.65. The summed E-state index contributed by atoms with van der Waals surface area (Å²) in [6, 6.07) is 8.03. The third-order valence-corrected chi connectivity index (χ3v) is 5.52. The molecule has 4 unspecified atom stereocenters. The van der Waals surface area contributed by atoms with Gasteiger partial charge in [0.05, 0.1) is 0 Å². The Bertz CT molecular complexity index is 679. The smallest absolute Gasteiger partial charge is 0.246 e. The molecule has 0 saturated carbocycles. The van der Waals surface area contributed by atoms with Crippen LogP contribution in [-0.4, -0.2) is 47.5 Å². The van der Waals surface area contributed by atoms with Crippen LogP contribution in [0, 0.1) is 0 Å². The van der Waals surface area contributed by atoms with Gasteiger partial charge < -0.3 is 15.5 Å². The van der Waals surface area contributed by atoms with Gasteiger partial charge in [-0.3, -0.25) is 15.4 Å². The van der Waals surface area contributed by atoms with Gasteiger partial charge in [-0.05, 0) is 36.2 Å². The molecule has 1 amide bonds. The van der Waals surface area contributed by atoms with Gasteiger partial charge in [0.25, 0.3) is 0 Å². The third kappa shape index (κ3) is 3.27. The summed E-state index contributed by atoms with van der Waals surface area (Å²) in [5, 5.41) is 13.0. The van der Waals surface area contributed by atoms with Crippen LogP contribution in [0.1, 0.15) is 30.0 Å². The molecule has 4 N–H and O–H groups in total. The number of piperidine rings is 1. The van der Waals surface area contributed by atoms with Gasteiger partial charge in [0.15, 0.2) is 5.11 Å². The van der Waals surface area contributed by atoms with Crippen LogP contribution >= 0.6 is 12.2 Å². The van der Waals surface area contributed by atoms with Gasteiger partial charge in [-0.25, -0.2) is 4.39 Å². The molecule has 1 aromatic carbocycles. The molecule has 6 nitrogen and oxygen atoms in total. The van der Waals surface area contributed by atoms with Crippen LogP contribution in [0.5, 0.6) is 0 Å². The van der Waals surface area contributed by atoms with Crippen molar-refractivity contribution in [3.8, 4) is 0 Å². The van der Waals surface area contributed by atoms with Crippen molar-refractivity contribution >= 4 is 23.2 Å². The fourth-order valence-corrected chi connectivity index (χ4v) is 4.15. The number of hydrogen-bond donors (Lipinski definition) is 4. The van der Waals surface area contributed by atoms with Crippen molar-refractivity contribution in [1.29, 1.82) is 0 Å². The molecule has 3 fully saturated rings. The van der Waals surface area contributed by atoms with Crippen LogP contribution in [0.15, 0.2) is 24.3 Å². The van der Waals surface area contributed by atoms with E-state index in [1.165, 1.54) is 5.56 Å². The number of alkyl halides is 1. The molecule has 0 aromatic heterocycles. The Balaban J connectivity index is 1.56. The van der Waals surface area contributed by atoms with E-state index < -0.39 is 6.17 Å². The molecule has 25 heavy (non-hydrogen) atoms. The first kappa shape index (κ1) is 16.8. The number of rotatable bonds is 3. The standard InChI is InChI=1S/C17H22FN5OS/c18-11-5-6-13(19-7-11)12-4-2-1-3-10(12)8-23-15-14(20-9-21-15)16(24)22-17(23)25/h1-4,11,13-15,19-21H,5-9H2,(H,22,24,25). The summed E-state index contributed by atoms with van der Waals surface area (Å²) in [5.74, 6) is -0.0903. The van der Waals surface area contributed by atoms with Gasteiger partial charge in [-0.1, -0.05) is 24.3 Å². The number of thiocarbonyl (C=S) groups is 1. The van der Waals surface area contributed by atoms with Crippen molar-refractivity contribution in [1.82, 2.24) is 26.2 Å². The van der Waals surface area contributed by atoms with Crippen LogP contribution < -0.4 is 21.3 Å². The van der Waals surface area contributed by atoms with Gasteiger partial charge in [0, 0.05) is 25.8 Å². The Morgan fingerprint density at radius 2 is 2.04 bits per heavy atom. The van der Waals surface area contributed by atoms with Crippen LogP contribution in [0.3, 0.4) is 0 Å². The van der Waals surface area contributed by atoms with Crippen molar-refractivity contribution in [2.45, 2.75) is 43.8 Å². The van der Waals surface area contributed by atoms with Crippen LogP contribution in [0.25, 0.3) is 0 Å². The first-order chi connectivity index (χ1) is 12.1. The summed E-state index contributed by atoms with van der Waals surface area (Å²) in [6.45, 7) is 1.57. The molecule has 134 valence electrons. The molecule has 4 rings (SSSR count). The number of carbonyl (C=O) groups is 1. The normalized spacial score (nSPS) is 32.4. The number of benzene rings is 1. The summed E-state index contributed by atoms with van der Waals surface area (Å²) in [4.78, 5) is 14.1. The number of carbonyl (C=O) groups excluding carboxylic acids is 1. The van der Waals surface area contributed by atoms with Gasteiger partial charge in [0.2, 0.25) is 5.91 Å². The summed E-state index contributed by atoms with van der Waals surface area (Å²) in [5.41, 5.74) is 2.32. The van der Waals surface area contributed by atoms with E-state index in [1.54, 1.807) is 0 Å². The van der Waals surface area contributed by atoms with E-state index in [4.69, 9.17) is 12.2 Å². The average Bonchev–Trinajstić information content (AvgIpc) is 3.10. The van der Waals surface area contributed by atoms with Gasteiger partial charge >= 0.3 is 0 Å². The first-order valence-electron chi connectivity index (χ1n) is 8.67. The molecule has 3 aliphatic heterocycles.